The monoisotopic (exact) mass is 397 g/mol. The molecule has 0 fully saturated rings. The lowest BCUT2D eigenvalue weighted by Crippen LogP contribution is -2.49. The number of hydrogen-bond acceptors (Lipinski definition) is 3. The Kier molecular flexibility index (Phi) is 6.25. The third-order valence-electron chi connectivity index (χ3n) is 5.17. The van der Waals surface area contributed by atoms with Crippen LogP contribution in [0.2, 0.25) is 13.1 Å². The smallest absolute Gasteiger partial charge is 0.416 e. The van der Waals surface area contributed by atoms with Crippen molar-refractivity contribution in [2.24, 2.45) is 5.41 Å². The number of hydrogen-bond donors (Lipinski definition) is 0. The Labute approximate surface area is 170 Å². The van der Waals surface area contributed by atoms with Crippen molar-refractivity contribution in [3.63, 3.8) is 0 Å². The van der Waals surface area contributed by atoms with Crippen LogP contribution in [-0.2, 0) is 15.8 Å². The minimum Gasteiger partial charge on any atom is -0.444 e. The minimum absolute atomic E-state index is 0.0796. The lowest BCUT2D eigenvalue weighted by Gasteiger charge is -2.45. The van der Waals surface area contributed by atoms with E-state index in [4.69, 9.17) is 9.16 Å². The zero-order valence-corrected chi connectivity index (χ0v) is 18.7. The molecule has 1 aliphatic rings. The molecule has 150 valence electrons. The first-order chi connectivity index (χ1) is 13.3. The molecule has 1 heterocycles. The van der Waals surface area contributed by atoms with Crippen LogP contribution in [0.1, 0.15) is 44.2 Å². The topological polar surface area (TPSA) is 38.8 Å². The van der Waals surface area contributed by atoms with Crippen molar-refractivity contribution in [2.45, 2.75) is 59.0 Å². The summed E-state index contributed by atoms with van der Waals surface area (Å²) in [5, 5.41) is 0. The van der Waals surface area contributed by atoms with Crippen molar-refractivity contribution < 1.29 is 14.0 Å². The molecule has 5 heteroatoms. The molecule has 3 rings (SSSR count). The largest absolute Gasteiger partial charge is 0.444 e. The summed E-state index contributed by atoms with van der Waals surface area (Å²) in [7, 11) is -1.35. The van der Waals surface area contributed by atoms with Gasteiger partial charge in [0.25, 0.3) is 0 Å². The Hall–Kier alpha value is -2.11. The van der Waals surface area contributed by atoms with Gasteiger partial charge in [-0.25, -0.2) is 4.79 Å². The maximum absolute atomic E-state index is 13.1. The Balaban J connectivity index is 1.91. The summed E-state index contributed by atoms with van der Waals surface area (Å²) in [6.07, 6.45) is 0.156. The number of para-hydroxylation sites is 1. The van der Waals surface area contributed by atoms with Gasteiger partial charge in [0.2, 0.25) is 0 Å². The van der Waals surface area contributed by atoms with E-state index in [9.17, 15) is 4.79 Å². The van der Waals surface area contributed by atoms with E-state index in [-0.39, 0.29) is 24.3 Å². The van der Waals surface area contributed by atoms with Gasteiger partial charge in [-0.1, -0.05) is 69.3 Å². The second-order valence-corrected chi connectivity index (χ2v) is 11.1. The Bertz CT molecular complexity index is 801. The summed E-state index contributed by atoms with van der Waals surface area (Å²) in [4.78, 5) is 14.9. The number of anilines is 1. The number of carbonyl (C=O) groups excluding carboxylic acids is 1. The zero-order valence-electron chi connectivity index (χ0n) is 17.5. The van der Waals surface area contributed by atoms with Crippen LogP contribution >= 0.6 is 0 Å². The van der Waals surface area contributed by atoms with E-state index in [1.807, 2.05) is 48.5 Å². The second-order valence-electron chi connectivity index (χ2n) is 8.76. The van der Waals surface area contributed by atoms with Crippen LogP contribution in [0, 0.1) is 5.41 Å². The van der Waals surface area contributed by atoms with Gasteiger partial charge in [0.15, 0.2) is 9.04 Å². The van der Waals surface area contributed by atoms with Crippen LogP contribution in [0.15, 0.2) is 54.6 Å². The van der Waals surface area contributed by atoms with Gasteiger partial charge in [0, 0.05) is 0 Å². The molecule has 1 unspecified atom stereocenters. The van der Waals surface area contributed by atoms with Crippen LogP contribution in [0.25, 0.3) is 0 Å². The lowest BCUT2D eigenvalue weighted by atomic mass is 9.72. The highest BCUT2D eigenvalue weighted by atomic mass is 28.3. The highest BCUT2D eigenvalue weighted by molar-refractivity contribution is 6.48. The molecular weight excluding hydrogens is 366 g/mol. The summed E-state index contributed by atoms with van der Waals surface area (Å²) in [5.74, 6) is 0.319. The quantitative estimate of drug-likeness (QED) is 0.622. The maximum atomic E-state index is 13.1. The van der Waals surface area contributed by atoms with Crippen molar-refractivity contribution in [1.82, 2.24) is 0 Å². The van der Waals surface area contributed by atoms with Crippen molar-refractivity contribution in [1.29, 1.82) is 0 Å². The van der Waals surface area contributed by atoms with Gasteiger partial charge in [-0.05, 0) is 48.0 Å². The molecule has 1 amide bonds. The first-order valence-electron chi connectivity index (χ1n) is 10.0. The predicted octanol–water partition coefficient (Wildman–Crippen LogP) is 5.69. The van der Waals surface area contributed by atoms with Gasteiger partial charge < -0.3 is 9.16 Å². The number of fused-ring (bicyclic) bond motifs is 1. The molecule has 28 heavy (non-hydrogen) atoms. The average molecular weight is 398 g/mol. The molecule has 0 aromatic heterocycles. The molecule has 0 saturated carbocycles. The molecule has 4 nitrogen and oxygen atoms in total. The fourth-order valence-corrected chi connectivity index (χ4v) is 4.71. The van der Waals surface area contributed by atoms with E-state index >= 15 is 0 Å². The fourth-order valence-electron chi connectivity index (χ4n) is 3.85. The van der Waals surface area contributed by atoms with Gasteiger partial charge in [-0.2, -0.15) is 0 Å². The molecule has 0 bridgehead atoms. The highest BCUT2D eigenvalue weighted by Crippen LogP contribution is 2.47. The molecule has 0 spiro atoms. The normalized spacial score (nSPS) is 19.4. The number of rotatable bonds is 4. The lowest BCUT2D eigenvalue weighted by molar-refractivity contribution is 0.105. The first kappa shape index (κ1) is 20.6. The van der Waals surface area contributed by atoms with E-state index in [0.717, 1.165) is 17.7 Å². The number of carbonyl (C=O) groups is 1. The summed E-state index contributed by atoms with van der Waals surface area (Å²) < 4.78 is 12.0. The van der Waals surface area contributed by atoms with Gasteiger partial charge in [-0.15, -0.1) is 0 Å². The molecule has 0 aliphatic carbocycles. The molecule has 1 aliphatic heterocycles. The summed E-state index contributed by atoms with van der Waals surface area (Å²) >= 11 is 0. The summed E-state index contributed by atoms with van der Waals surface area (Å²) in [5.41, 5.74) is 3.16. The van der Waals surface area contributed by atoms with Gasteiger partial charge in [0.1, 0.15) is 12.8 Å². The van der Waals surface area contributed by atoms with Crippen molar-refractivity contribution in [3.8, 4) is 0 Å². The predicted molar refractivity (Wildman–Crippen MR) is 116 cm³/mol. The van der Waals surface area contributed by atoms with Crippen LogP contribution in [0.4, 0.5) is 10.5 Å². The molecule has 2 aromatic carbocycles. The average Bonchev–Trinajstić information content (AvgIpc) is 2.65. The summed E-state index contributed by atoms with van der Waals surface area (Å²) in [6, 6.07) is 17.9. The molecule has 0 N–H and O–H groups in total. The molecule has 0 saturated heterocycles. The molecule has 0 radical (unpaired) electrons. The van der Waals surface area contributed by atoms with E-state index in [1.54, 1.807) is 4.90 Å². The first-order valence-corrected chi connectivity index (χ1v) is 12.8. The van der Waals surface area contributed by atoms with Gasteiger partial charge in [-0.3, -0.25) is 4.90 Å². The Morgan fingerprint density at radius 1 is 1.07 bits per heavy atom. The third kappa shape index (κ3) is 4.65. The van der Waals surface area contributed by atoms with Gasteiger partial charge >= 0.3 is 6.09 Å². The second kappa shape index (κ2) is 8.49. The van der Waals surface area contributed by atoms with Crippen LogP contribution < -0.4 is 4.90 Å². The number of amides is 1. The number of benzene rings is 2. The minimum atomic E-state index is -1.35. The maximum Gasteiger partial charge on any atom is 0.416 e. The highest BCUT2D eigenvalue weighted by Gasteiger charge is 2.41. The fraction of sp³-hybridized carbons (Fsp3) is 0.435. The van der Waals surface area contributed by atoms with Crippen molar-refractivity contribution in [3.05, 3.63) is 65.7 Å². The van der Waals surface area contributed by atoms with Crippen LogP contribution in [0.3, 0.4) is 0 Å². The van der Waals surface area contributed by atoms with Crippen LogP contribution in [0.5, 0.6) is 0 Å². The van der Waals surface area contributed by atoms with E-state index < -0.39 is 9.04 Å². The van der Waals surface area contributed by atoms with E-state index in [1.165, 1.54) is 5.56 Å². The Morgan fingerprint density at radius 3 is 2.36 bits per heavy atom. The third-order valence-corrected chi connectivity index (χ3v) is 6.03. The molecule has 2 atom stereocenters. The number of nitrogens with zero attached hydrogens (tertiary/aromatic N) is 1. The number of ether oxygens (including phenoxy) is 1. The summed E-state index contributed by atoms with van der Waals surface area (Å²) in [6.45, 7) is 11.3. The standard InChI is InChI=1S/C23H31NO3Si/c1-23(2,3)19-15-21(27-28(4)5)24(20-14-10-9-13-18(19)20)22(25)26-16-17-11-7-6-8-12-17/h6-14,19,21,28H,15-16H2,1-5H3/t19?,21-/m0/s1. The van der Waals surface area contributed by atoms with Gasteiger partial charge in [0.05, 0.1) is 5.69 Å². The van der Waals surface area contributed by atoms with Crippen molar-refractivity contribution >= 4 is 20.8 Å². The Morgan fingerprint density at radius 2 is 1.71 bits per heavy atom. The SMILES string of the molecule is C[SiH](C)O[C@H]1CC(C(C)(C)C)c2ccccc2N1C(=O)OCc1ccccc1. The van der Waals surface area contributed by atoms with E-state index in [2.05, 4.69) is 39.9 Å². The van der Waals surface area contributed by atoms with Crippen LogP contribution in [-0.4, -0.2) is 21.4 Å². The molecule has 2 aromatic rings. The molecular formula is C23H31NO3Si. The van der Waals surface area contributed by atoms with Crippen molar-refractivity contribution in [2.75, 3.05) is 4.90 Å². The zero-order chi connectivity index (χ0) is 20.3. The van der Waals surface area contributed by atoms with E-state index in [0.29, 0.717) is 5.92 Å².